The van der Waals surface area contributed by atoms with Gasteiger partial charge in [0.15, 0.2) is 5.82 Å². The highest BCUT2D eigenvalue weighted by atomic mass is 35.5. The Morgan fingerprint density at radius 3 is 2.48 bits per heavy atom. The summed E-state index contributed by atoms with van der Waals surface area (Å²) < 4.78 is 13.2. The number of nitrogens with one attached hydrogen (secondary N) is 2. The van der Waals surface area contributed by atoms with Crippen molar-refractivity contribution in [2.45, 2.75) is 6.92 Å². The Labute approximate surface area is 137 Å². The zero-order chi connectivity index (χ0) is 16.2. The molecule has 0 saturated carbocycles. The fourth-order valence-corrected chi connectivity index (χ4v) is 2.09. The lowest BCUT2D eigenvalue weighted by molar-refractivity contribution is 0.628. The Bertz CT molecular complexity index is 823. The molecule has 2 aromatic carbocycles. The lowest BCUT2D eigenvalue weighted by Gasteiger charge is -2.08. The maximum atomic E-state index is 13.2. The predicted octanol–water partition coefficient (Wildman–Crippen LogP) is 4.46. The molecule has 0 aliphatic carbocycles. The monoisotopic (exact) mass is 329 g/mol. The molecule has 1 heterocycles. The second-order valence-corrected chi connectivity index (χ2v) is 5.32. The number of aromatic nitrogens is 3. The van der Waals surface area contributed by atoms with Gasteiger partial charge in [-0.05, 0) is 37.3 Å². The zero-order valence-electron chi connectivity index (χ0n) is 12.2. The molecule has 0 saturated heterocycles. The summed E-state index contributed by atoms with van der Waals surface area (Å²) >= 11 is 5.76. The Kier molecular flexibility index (Phi) is 4.34. The van der Waals surface area contributed by atoms with Crippen molar-refractivity contribution in [3.63, 3.8) is 0 Å². The fourth-order valence-electron chi connectivity index (χ4n) is 1.90. The van der Waals surface area contributed by atoms with E-state index in [-0.39, 0.29) is 5.02 Å². The highest BCUT2D eigenvalue weighted by Gasteiger charge is 2.04. The molecule has 7 heteroatoms. The van der Waals surface area contributed by atoms with Crippen LogP contribution in [0.3, 0.4) is 0 Å². The van der Waals surface area contributed by atoms with Crippen LogP contribution in [-0.2, 0) is 0 Å². The van der Waals surface area contributed by atoms with Crippen LogP contribution in [0.2, 0.25) is 5.02 Å². The zero-order valence-corrected chi connectivity index (χ0v) is 13.0. The van der Waals surface area contributed by atoms with E-state index in [1.165, 1.54) is 18.3 Å². The van der Waals surface area contributed by atoms with Gasteiger partial charge in [-0.1, -0.05) is 29.3 Å². The van der Waals surface area contributed by atoms with Crippen molar-refractivity contribution >= 4 is 34.7 Å². The van der Waals surface area contributed by atoms with Crippen molar-refractivity contribution in [3.05, 3.63) is 65.1 Å². The van der Waals surface area contributed by atoms with Gasteiger partial charge in [-0.25, -0.2) is 4.39 Å². The number of rotatable bonds is 4. The minimum atomic E-state index is -0.472. The molecule has 0 radical (unpaired) electrons. The summed E-state index contributed by atoms with van der Waals surface area (Å²) in [6.07, 6.45) is 1.47. The van der Waals surface area contributed by atoms with Gasteiger partial charge in [0.05, 0.1) is 11.2 Å². The third-order valence-corrected chi connectivity index (χ3v) is 3.35. The van der Waals surface area contributed by atoms with Gasteiger partial charge in [0, 0.05) is 11.4 Å². The van der Waals surface area contributed by atoms with Crippen molar-refractivity contribution in [1.82, 2.24) is 15.2 Å². The molecule has 5 nitrogen and oxygen atoms in total. The van der Waals surface area contributed by atoms with Gasteiger partial charge in [0.25, 0.3) is 0 Å². The summed E-state index contributed by atoms with van der Waals surface area (Å²) in [5, 5.41) is 13.9. The van der Waals surface area contributed by atoms with Gasteiger partial charge < -0.3 is 10.6 Å². The summed E-state index contributed by atoms with van der Waals surface area (Å²) in [5.74, 6) is 0.351. The van der Waals surface area contributed by atoms with Gasteiger partial charge >= 0.3 is 0 Å². The molecule has 0 amide bonds. The molecule has 3 rings (SSSR count). The third-order valence-electron chi connectivity index (χ3n) is 3.06. The fraction of sp³-hybridized carbons (Fsp3) is 0.0625. The molecular weight excluding hydrogens is 317 g/mol. The summed E-state index contributed by atoms with van der Waals surface area (Å²) in [4.78, 5) is 4.31. The van der Waals surface area contributed by atoms with Crippen LogP contribution in [0.4, 0.5) is 27.5 Å². The minimum Gasteiger partial charge on any atom is -0.339 e. The highest BCUT2D eigenvalue weighted by Crippen LogP contribution is 2.22. The lowest BCUT2D eigenvalue weighted by atomic mass is 10.2. The van der Waals surface area contributed by atoms with Crippen molar-refractivity contribution in [1.29, 1.82) is 0 Å². The summed E-state index contributed by atoms with van der Waals surface area (Å²) in [5.41, 5.74) is 2.63. The second-order valence-electron chi connectivity index (χ2n) is 4.91. The molecule has 0 bridgehead atoms. The molecule has 0 aliphatic rings. The molecule has 0 aliphatic heterocycles. The van der Waals surface area contributed by atoms with E-state index >= 15 is 0 Å². The first-order chi connectivity index (χ1) is 11.1. The van der Waals surface area contributed by atoms with E-state index in [1.807, 2.05) is 31.2 Å². The molecule has 0 atom stereocenters. The van der Waals surface area contributed by atoms with Crippen molar-refractivity contribution in [2.24, 2.45) is 0 Å². The molecule has 23 heavy (non-hydrogen) atoms. The number of hydrogen-bond acceptors (Lipinski definition) is 5. The smallest absolute Gasteiger partial charge is 0.249 e. The van der Waals surface area contributed by atoms with Crippen LogP contribution < -0.4 is 10.6 Å². The molecule has 3 aromatic rings. The number of benzene rings is 2. The molecule has 2 N–H and O–H groups in total. The molecule has 0 fully saturated rings. The van der Waals surface area contributed by atoms with Crippen molar-refractivity contribution in [3.8, 4) is 0 Å². The van der Waals surface area contributed by atoms with Crippen LogP contribution in [0.25, 0.3) is 0 Å². The Morgan fingerprint density at radius 2 is 1.74 bits per heavy atom. The van der Waals surface area contributed by atoms with E-state index in [2.05, 4.69) is 25.8 Å². The Hall–Kier alpha value is -2.73. The van der Waals surface area contributed by atoms with E-state index in [1.54, 1.807) is 6.07 Å². The second kappa shape index (κ2) is 6.58. The maximum Gasteiger partial charge on any atom is 0.249 e. The predicted molar refractivity (Wildman–Crippen MR) is 89.0 cm³/mol. The number of nitrogens with zero attached hydrogens (tertiary/aromatic N) is 3. The Morgan fingerprint density at radius 1 is 1.00 bits per heavy atom. The van der Waals surface area contributed by atoms with Gasteiger partial charge in [-0.3, -0.25) is 0 Å². The topological polar surface area (TPSA) is 62.7 Å². The van der Waals surface area contributed by atoms with E-state index in [0.717, 1.165) is 11.3 Å². The van der Waals surface area contributed by atoms with E-state index in [9.17, 15) is 4.39 Å². The van der Waals surface area contributed by atoms with Crippen LogP contribution in [0.1, 0.15) is 5.56 Å². The van der Waals surface area contributed by atoms with E-state index < -0.39 is 5.82 Å². The van der Waals surface area contributed by atoms with Crippen LogP contribution >= 0.6 is 11.6 Å². The van der Waals surface area contributed by atoms with E-state index in [4.69, 9.17) is 11.6 Å². The van der Waals surface area contributed by atoms with Crippen LogP contribution in [0.15, 0.2) is 48.7 Å². The summed E-state index contributed by atoms with van der Waals surface area (Å²) in [6.45, 7) is 2.01. The van der Waals surface area contributed by atoms with Crippen molar-refractivity contribution in [2.75, 3.05) is 10.6 Å². The standard InChI is InChI=1S/C16H13ClFN5/c1-10-2-4-11(5-3-10)21-16-22-15(9-19-23-16)20-12-6-7-14(18)13(17)8-12/h2-9H,1H3,(H2,20,21,22,23). The average molecular weight is 330 g/mol. The maximum absolute atomic E-state index is 13.2. The van der Waals surface area contributed by atoms with Gasteiger partial charge in [0.1, 0.15) is 5.82 Å². The molecular formula is C16H13ClFN5. The average Bonchev–Trinajstić information content (AvgIpc) is 2.54. The first-order valence-electron chi connectivity index (χ1n) is 6.86. The van der Waals surface area contributed by atoms with Crippen LogP contribution in [0, 0.1) is 12.7 Å². The number of aryl methyl sites for hydroxylation is 1. The molecule has 0 unspecified atom stereocenters. The third kappa shape index (κ3) is 3.92. The SMILES string of the molecule is Cc1ccc(Nc2nncc(Nc3ccc(F)c(Cl)c3)n2)cc1. The largest absolute Gasteiger partial charge is 0.339 e. The van der Waals surface area contributed by atoms with Crippen molar-refractivity contribution < 1.29 is 4.39 Å². The van der Waals surface area contributed by atoms with E-state index in [0.29, 0.717) is 17.5 Å². The highest BCUT2D eigenvalue weighted by molar-refractivity contribution is 6.31. The number of halogens is 2. The van der Waals surface area contributed by atoms with Gasteiger partial charge in [0.2, 0.25) is 5.95 Å². The van der Waals surface area contributed by atoms with Crippen LogP contribution in [-0.4, -0.2) is 15.2 Å². The quantitative estimate of drug-likeness (QED) is 0.740. The first kappa shape index (κ1) is 15.2. The minimum absolute atomic E-state index is 0.0371. The van der Waals surface area contributed by atoms with Crippen LogP contribution in [0.5, 0.6) is 0 Å². The summed E-state index contributed by atoms with van der Waals surface area (Å²) in [7, 11) is 0. The number of anilines is 4. The number of hydrogen-bond donors (Lipinski definition) is 2. The van der Waals surface area contributed by atoms with Gasteiger partial charge in [-0.15, -0.1) is 5.10 Å². The normalized spacial score (nSPS) is 10.4. The Balaban J connectivity index is 1.76. The molecule has 0 spiro atoms. The first-order valence-corrected chi connectivity index (χ1v) is 7.23. The molecule has 116 valence electrons. The lowest BCUT2D eigenvalue weighted by Crippen LogP contribution is -2.02. The molecule has 1 aromatic heterocycles. The van der Waals surface area contributed by atoms with Gasteiger partial charge in [-0.2, -0.15) is 10.1 Å². The summed E-state index contributed by atoms with van der Waals surface area (Å²) in [6, 6.07) is 12.2.